The normalized spacial score (nSPS) is 16.0. The number of carbonyl (C=O) groups is 2. The van der Waals surface area contributed by atoms with Crippen molar-refractivity contribution in [2.45, 2.75) is 32.3 Å². The van der Waals surface area contributed by atoms with Gasteiger partial charge in [0.1, 0.15) is 5.60 Å². The van der Waals surface area contributed by atoms with Crippen LogP contribution in [0.4, 0.5) is 5.69 Å². The summed E-state index contributed by atoms with van der Waals surface area (Å²) in [6.45, 7) is 5.83. The molecule has 1 aliphatic heterocycles. The number of hydrogen-bond acceptors (Lipinski definition) is 4. The number of anilines is 1. The number of rotatable bonds is 5. The summed E-state index contributed by atoms with van der Waals surface area (Å²) in [6.07, 6.45) is 1.26. The van der Waals surface area contributed by atoms with Crippen molar-refractivity contribution in [3.05, 3.63) is 29.3 Å². The first-order valence-electron chi connectivity index (χ1n) is 7.98. The van der Waals surface area contributed by atoms with Gasteiger partial charge >= 0.3 is 0 Å². The highest BCUT2D eigenvalue weighted by atomic mass is 35.5. The number of halogens is 1. The van der Waals surface area contributed by atoms with Crippen LogP contribution in [-0.2, 0) is 9.53 Å². The Bertz CT molecular complexity index is 586. The molecule has 7 heteroatoms. The van der Waals surface area contributed by atoms with Crippen LogP contribution in [-0.4, -0.2) is 44.2 Å². The van der Waals surface area contributed by atoms with Gasteiger partial charge in [-0.05, 0) is 57.5 Å². The third-order valence-corrected chi connectivity index (χ3v) is 4.30. The molecule has 0 aliphatic carbocycles. The Kier molecular flexibility index (Phi) is 7.66. The Hall–Kier alpha value is -1.63. The highest BCUT2D eigenvalue weighted by Gasteiger charge is 2.39. The van der Waals surface area contributed by atoms with E-state index >= 15 is 0 Å². The van der Waals surface area contributed by atoms with E-state index in [1.807, 2.05) is 19.9 Å². The van der Waals surface area contributed by atoms with Crippen LogP contribution in [0.25, 0.3) is 0 Å². The molecule has 2 rings (SSSR count). The first kappa shape index (κ1) is 20.4. The van der Waals surface area contributed by atoms with E-state index in [1.54, 1.807) is 19.2 Å². The van der Waals surface area contributed by atoms with Crippen molar-refractivity contribution >= 4 is 29.9 Å². The summed E-state index contributed by atoms with van der Waals surface area (Å²) in [5.41, 5.74) is 1.28. The Morgan fingerprint density at radius 2 is 1.96 bits per heavy atom. The number of methoxy groups -OCH3 is 1. The predicted octanol–water partition coefficient (Wildman–Crippen LogP) is 1.87. The van der Waals surface area contributed by atoms with Crippen molar-refractivity contribution in [2.75, 3.05) is 32.1 Å². The Balaban J connectivity index is 0.00000288. The molecule has 3 N–H and O–H groups in total. The zero-order valence-electron chi connectivity index (χ0n) is 14.4. The number of amides is 2. The van der Waals surface area contributed by atoms with E-state index < -0.39 is 5.60 Å². The first-order chi connectivity index (χ1) is 11.0. The maximum atomic E-state index is 12.7. The van der Waals surface area contributed by atoms with Gasteiger partial charge in [-0.3, -0.25) is 9.59 Å². The minimum absolute atomic E-state index is 0. The molecule has 0 radical (unpaired) electrons. The fourth-order valence-corrected chi connectivity index (χ4v) is 2.75. The van der Waals surface area contributed by atoms with Crippen LogP contribution in [0.2, 0.25) is 0 Å². The van der Waals surface area contributed by atoms with Gasteiger partial charge in [-0.25, -0.2) is 0 Å². The predicted molar refractivity (Wildman–Crippen MR) is 96.9 cm³/mol. The minimum atomic E-state index is -0.806. The molecule has 0 aromatic heterocycles. The fourth-order valence-electron chi connectivity index (χ4n) is 2.75. The second-order valence-electron chi connectivity index (χ2n) is 5.79. The van der Waals surface area contributed by atoms with Crippen LogP contribution in [0, 0.1) is 6.92 Å². The summed E-state index contributed by atoms with van der Waals surface area (Å²) in [6, 6.07) is 5.30. The molecule has 0 unspecified atom stereocenters. The summed E-state index contributed by atoms with van der Waals surface area (Å²) in [4.78, 5) is 24.7. The third kappa shape index (κ3) is 4.47. The number of benzene rings is 1. The molecule has 134 valence electrons. The van der Waals surface area contributed by atoms with E-state index in [-0.39, 0.29) is 24.2 Å². The maximum absolute atomic E-state index is 12.7. The van der Waals surface area contributed by atoms with Crippen molar-refractivity contribution in [3.63, 3.8) is 0 Å². The van der Waals surface area contributed by atoms with E-state index in [9.17, 15) is 9.59 Å². The van der Waals surface area contributed by atoms with Gasteiger partial charge in [0.15, 0.2) is 0 Å². The molecule has 0 bridgehead atoms. The molecule has 6 nitrogen and oxygen atoms in total. The quantitative estimate of drug-likeness (QED) is 0.753. The lowest BCUT2D eigenvalue weighted by Crippen LogP contribution is -2.51. The van der Waals surface area contributed by atoms with Gasteiger partial charge in [-0.1, -0.05) is 6.07 Å². The summed E-state index contributed by atoms with van der Waals surface area (Å²) in [7, 11) is 1.57. The lowest BCUT2D eigenvalue weighted by Gasteiger charge is -2.34. The summed E-state index contributed by atoms with van der Waals surface area (Å²) in [5.74, 6) is -0.302. The van der Waals surface area contributed by atoms with Crippen molar-refractivity contribution in [2.24, 2.45) is 0 Å². The van der Waals surface area contributed by atoms with Crippen LogP contribution >= 0.6 is 12.4 Å². The van der Waals surface area contributed by atoms with E-state index in [4.69, 9.17) is 4.74 Å². The molecule has 24 heavy (non-hydrogen) atoms. The van der Waals surface area contributed by atoms with Crippen LogP contribution < -0.4 is 16.0 Å². The van der Waals surface area contributed by atoms with E-state index in [0.717, 1.165) is 18.7 Å². The van der Waals surface area contributed by atoms with Crippen molar-refractivity contribution < 1.29 is 14.3 Å². The molecule has 1 aromatic carbocycles. The molecule has 1 saturated heterocycles. The van der Waals surface area contributed by atoms with E-state index in [0.29, 0.717) is 30.6 Å². The Morgan fingerprint density at radius 1 is 1.29 bits per heavy atom. The van der Waals surface area contributed by atoms with Crippen LogP contribution in [0.15, 0.2) is 18.2 Å². The SMILES string of the molecule is CCNC(=O)c1ccc(C)c(NC(=O)C2(OC)CCNCC2)c1.Cl. The number of hydrogen-bond donors (Lipinski definition) is 3. The Morgan fingerprint density at radius 3 is 2.54 bits per heavy atom. The maximum Gasteiger partial charge on any atom is 0.256 e. The monoisotopic (exact) mass is 355 g/mol. The van der Waals surface area contributed by atoms with Crippen molar-refractivity contribution in [3.8, 4) is 0 Å². The molecule has 1 fully saturated rings. The molecule has 0 atom stereocenters. The lowest BCUT2D eigenvalue weighted by molar-refractivity contribution is -0.140. The number of nitrogens with one attached hydrogen (secondary N) is 3. The van der Waals surface area contributed by atoms with Gasteiger partial charge in [-0.2, -0.15) is 0 Å². The number of piperidine rings is 1. The van der Waals surface area contributed by atoms with E-state index in [2.05, 4.69) is 16.0 Å². The van der Waals surface area contributed by atoms with Gasteiger partial charge in [0, 0.05) is 24.9 Å². The topological polar surface area (TPSA) is 79.5 Å². The highest BCUT2D eigenvalue weighted by molar-refractivity contribution is 6.00. The molecule has 0 saturated carbocycles. The molecular formula is C17H26ClN3O3. The van der Waals surface area contributed by atoms with Crippen LogP contribution in [0.5, 0.6) is 0 Å². The zero-order valence-corrected chi connectivity index (χ0v) is 15.2. The summed E-state index contributed by atoms with van der Waals surface area (Å²) in [5, 5.41) is 8.93. The van der Waals surface area contributed by atoms with Gasteiger partial charge in [0.05, 0.1) is 0 Å². The van der Waals surface area contributed by atoms with Gasteiger partial charge < -0.3 is 20.7 Å². The molecule has 1 aromatic rings. The zero-order chi connectivity index (χ0) is 16.9. The number of aryl methyl sites for hydroxylation is 1. The number of carbonyl (C=O) groups excluding carboxylic acids is 2. The highest BCUT2D eigenvalue weighted by Crippen LogP contribution is 2.26. The van der Waals surface area contributed by atoms with Crippen molar-refractivity contribution in [1.82, 2.24) is 10.6 Å². The van der Waals surface area contributed by atoms with Gasteiger partial charge in [-0.15, -0.1) is 12.4 Å². The molecule has 0 spiro atoms. The summed E-state index contributed by atoms with van der Waals surface area (Å²) < 4.78 is 5.54. The molecular weight excluding hydrogens is 330 g/mol. The van der Waals surface area contributed by atoms with Crippen LogP contribution in [0.1, 0.15) is 35.7 Å². The fraction of sp³-hybridized carbons (Fsp3) is 0.529. The van der Waals surface area contributed by atoms with Crippen molar-refractivity contribution in [1.29, 1.82) is 0 Å². The summed E-state index contributed by atoms with van der Waals surface area (Å²) >= 11 is 0. The average molecular weight is 356 g/mol. The number of ether oxygens (including phenoxy) is 1. The van der Waals surface area contributed by atoms with Gasteiger partial charge in [0.2, 0.25) is 0 Å². The molecule has 1 aliphatic rings. The second-order valence-corrected chi connectivity index (χ2v) is 5.79. The minimum Gasteiger partial charge on any atom is -0.368 e. The average Bonchev–Trinajstić information content (AvgIpc) is 2.57. The second kappa shape index (κ2) is 9.01. The van der Waals surface area contributed by atoms with Crippen LogP contribution in [0.3, 0.4) is 0 Å². The van der Waals surface area contributed by atoms with E-state index in [1.165, 1.54) is 0 Å². The smallest absolute Gasteiger partial charge is 0.256 e. The molecule has 2 amide bonds. The largest absolute Gasteiger partial charge is 0.368 e. The Labute approximate surface area is 149 Å². The lowest BCUT2D eigenvalue weighted by atomic mass is 9.91. The third-order valence-electron chi connectivity index (χ3n) is 4.30. The standard InChI is InChI=1S/C17H25N3O3.ClH/c1-4-19-15(21)13-6-5-12(2)14(11-13)20-16(22)17(23-3)7-9-18-10-8-17;/h5-6,11,18H,4,7-10H2,1-3H3,(H,19,21)(H,20,22);1H. The molecule has 1 heterocycles. The van der Waals surface area contributed by atoms with Gasteiger partial charge in [0.25, 0.3) is 11.8 Å². The first-order valence-corrected chi connectivity index (χ1v) is 7.98.